The van der Waals surface area contributed by atoms with E-state index in [4.69, 9.17) is 0 Å². The number of aromatic nitrogens is 2. The van der Waals surface area contributed by atoms with Crippen molar-refractivity contribution in [1.29, 1.82) is 0 Å². The minimum Gasteiger partial charge on any atom is -0.356 e. The number of anilines is 1. The summed E-state index contributed by atoms with van der Waals surface area (Å²) in [7, 11) is 0. The first-order valence-corrected chi connectivity index (χ1v) is 5.17. The van der Waals surface area contributed by atoms with Crippen molar-refractivity contribution < 1.29 is 0 Å². The molecule has 12 heavy (non-hydrogen) atoms. The van der Waals surface area contributed by atoms with E-state index in [0.717, 1.165) is 22.7 Å². The van der Waals surface area contributed by atoms with Gasteiger partial charge >= 0.3 is 0 Å². The molecule has 0 saturated carbocycles. The Morgan fingerprint density at radius 1 is 1.33 bits per heavy atom. The molecule has 0 atom stereocenters. The lowest BCUT2D eigenvalue weighted by atomic mass is 10.4. The molecule has 0 amide bonds. The first kappa shape index (κ1) is 8.22. The second kappa shape index (κ2) is 3.55. The molecule has 1 fully saturated rings. The third kappa shape index (κ3) is 1.68. The number of hydrogen-bond acceptors (Lipinski definition) is 3. The van der Waals surface area contributed by atoms with Crippen LogP contribution < -0.4 is 4.90 Å². The summed E-state index contributed by atoms with van der Waals surface area (Å²) in [4.78, 5) is 10.7. The van der Waals surface area contributed by atoms with Crippen molar-refractivity contribution in [3.63, 3.8) is 0 Å². The van der Waals surface area contributed by atoms with Gasteiger partial charge in [-0.2, -0.15) is 0 Å². The van der Waals surface area contributed by atoms with Crippen LogP contribution in [-0.4, -0.2) is 23.1 Å². The van der Waals surface area contributed by atoms with Crippen LogP contribution >= 0.6 is 22.6 Å². The highest BCUT2D eigenvalue weighted by Crippen LogP contribution is 2.16. The molecule has 2 heterocycles. The van der Waals surface area contributed by atoms with E-state index in [1.54, 1.807) is 0 Å². The van der Waals surface area contributed by atoms with Gasteiger partial charge in [0.15, 0.2) is 3.83 Å². The molecule has 0 radical (unpaired) electrons. The normalized spacial score (nSPS) is 16.9. The van der Waals surface area contributed by atoms with Gasteiger partial charge in [-0.1, -0.05) is 0 Å². The Morgan fingerprint density at radius 2 is 2.08 bits per heavy atom. The minimum absolute atomic E-state index is 0.831. The van der Waals surface area contributed by atoms with E-state index in [1.165, 1.54) is 12.8 Å². The maximum atomic E-state index is 4.36. The van der Waals surface area contributed by atoms with Gasteiger partial charge < -0.3 is 4.90 Å². The van der Waals surface area contributed by atoms with E-state index in [2.05, 4.69) is 37.5 Å². The Balaban J connectivity index is 2.21. The largest absolute Gasteiger partial charge is 0.356 e. The maximum absolute atomic E-state index is 4.36. The average Bonchev–Trinajstić information content (AvgIpc) is 2.56. The average molecular weight is 275 g/mol. The molecule has 1 saturated heterocycles. The van der Waals surface area contributed by atoms with Crippen molar-refractivity contribution in [3.05, 3.63) is 16.1 Å². The highest BCUT2D eigenvalue weighted by Gasteiger charge is 2.13. The molecular formula is C8H10IN3. The number of rotatable bonds is 1. The van der Waals surface area contributed by atoms with E-state index in [1.807, 2.05) is 12.3 Å². The van der Waals surface area contributed by atoms with E-state index in [-0.39, 0.29) is 0 Å². The van der Waals surface area contributed by atoms with E-state index < -0.39 is 0 Å². The van der Waals surface area contributed by atoms with Gasteiger partial charge in [0.05, 0.1) is 0 Å². The SMILES string of the molecule is Ic1nccc(N2CCCC2)n1. The third-order valence-electron chi connectivity index (χ3n) is 2.04. The molecule has 0 aliphatic carbocycles. The van der Waals surface area contributed by atoms with Crippen LogP contribution in [0.2, 0.25) is 0 Å². The van der Waals surface area contributed by atoms with E-state index in [0.29, 0.717) is 0 Å². The Hall–Kier alpha value is -0.390. The molecule has 0 spiro atoms. The van der Waals surface area contributed by atoms with Crippen molar-refractivity contribution in [2.45, 2.75) is 12.8 Å². The molecule has 3 nitrogen and oxygen atoms in total. The summed E-state index contributed by atoms with van der Waals surface area (Å²) < 4.78 is 0.831. The van der Waals surface area contributed by atoms with Gasteiger partial charge in [-0.05, 0) is 18.9 Å². The van der Waals surface area contributed by atoms with Gasteiger partial charge in [-0.25, -0.2) is 9.97 Å². The van der Waals surface area contributed by atoms with Crippen LogP contribution in [0.3, 0.4) is 0 Å². The predicted molar refractivity (Wildman–Crippen MR) is 56.2 cm³/mol. The molecule has 0 aromatic carbocycles. The molecule has 2 rings (SSSR count). The molecule has 0 N–H and O–H groups in total. The van der Waals surface area contributed by atoms with Crippen LogP contribution in [0.5, 0.6) is 0 Å². The lowest BCUT2D eigenvalue weighted by molar-refractivity contribution is 0.917. The summed E-state index contributed by atoms with van der Waals surface area (Å²) in [6, 6.07) is 1.98. The van der Waals surface area contributed by atoms with Crippen LogP contribution in [-0.2, 0) is 0 Å². The van der Waals surface area contributed by atoms with Gasteiger partial charge in [-0.15, -0.1) is 0 Å². The minimum atomic E-state index is 0.831. The standard InChI is InChI=1S/C8H10IN3/c9-8-10-4-3-7(11-8)12-5-1-2-6-12/h3-4H,1-2,5-6H2. The molecule has 0 unspecified atom stereocenters. The monoisotopic (exact) mass is 275 g/mol. The van der Waals surface area contributed by atoms with Crippen molar-refractivity contribution in [3.8, 4) is 0 Å². The molecule has 1 aliphatic rings. The molecule has 4 heteroatoms. The molecule has 0 bridgehead atoms. The summed E-state index contributed by atoms with van der Waals surface area (Å²) in [6.45, 7) is 2.29. The summed E-state index contributed by atoms with van der Waals surface area (Å²) in [5.41, 5.74) is 0. The second-order valence-electron chi connectivity index (χ2n) is 2.88. The molecule has 1 aliphatic heterocycles. The number of halogens is 1. The van der Waals surface area contributed by atoms with Gasteiger partial charge in [0.2, 0.25) is 0 Å². The van der Waals surface area contributed by atoms with Crippen LogP contribution in [0.1, 0.15) is 12.8 Å². The van der Waals surface area contributed by atoms with Crippen LogP contribution in [0, 0.1) is 3.83 Å². The van der Waals surface area contributed by atoms with Crippen molar-refractivity contribution in [2.24, 2.45) is 0 Å². The van der Waals surface area contributed by atoms with Crippen LogP contribution in [0.25, 0.3) is 0 Å². The molecular weight excluding hydrogens is 265 g/mol. The zero-order valence-electron chi connectivity index (χ0n) is 6.70. The fraction of sp³-hybridized carbons (Fsp3) is 0.500. The Morgan fingerprint density at radius 3 is 2.75 bits per heavy atom. The van der Waals surface area contributed by atoms with Crippen molar-refractivity contribution in [1.82, 2.24) is 9.97 Å². The van der Waals surface area contributed by atoms with Crippen molar-refractivity contribution >= 4 is 28.4 Å². The molecule has 1 aromatic rings. The number of nitrogens with zero attached hydrogens (tertiary/aromatic N) is 3. The van der Waals surface area contributed by atoms with E-state index >= 15 is 0 Å². The Kier molecular flexibility index (Phi) is 2.43. The van der Waals surface area contributed by atoms with Crippen LogP contribution in [0.15, 0.2) is 12.3 Å². The van der Waals surface area contributed by atoms with Crippen LogP contribution in [0.4, 0.5) is 5.82 Å². The maximum Gasteiger partial charge on any atom is 0.192 e. The summed E-state index contributed by atoms with van der Waals surface area (Å²) >= 11 is 2.14. The zero-order valence-corrected chi connectivity index (χ0v) is 8.86. The fourth-order valence-electron chi connectivity index (χ4n) is 1.45. The predicted octanol–water partition coefficient (Wildman–Crippen LogP) is 1.68. The number of hydrogen-bond donors (Lipinski definition) is 0. The lowest BCUT2D eigenvalue weighted by Crippen LogP contribution is -2.19. The van der Waals surface area contributed by atoms with Gasteiger partial charge in [0.25, 0.3) is 0 Å². The Labute approximate surface area is 85.3 Å². The second-order valence-corrected chi connectivity index (χ2v) is 3.84. The quantitative estimate of drug-likeness (QED) is 0.577. The highest BCUT2D eigenvalue weighted by molar-refractivity contribution is 14.1. The Bertz CT molecular complexity index is 271. The van der Waals surface area contributed by atoms with Crippen molar-refractivity contribution in [2.75, 3.05) is 18.0 Å². The summed E-state index contributed by atoms with van der Waals surface area (Å²) in [5, 5.41) is 0. The highest BCUT2D eigenvalue weighted by atomic mass is 127. The topological polar surface area (TPSA) is 29.0 Å². The third-order valence-corrected chi connectivity index (χ3v) is 2.56. The molecule has 64 valence electrons. The van der Waals surface area contributed by atoms with E-state index in [9.17, 15) is 0 Å². The summed E-state index contributed by atoms with van der Waals surface area (Å²) in [5.74, 6) is 1.08. The van der Waals surface area contributed by atoms with Gasteiger partial charge in [0, 0.05) is 41.9 Å². The molecule has 1 aromatic heterocycles. The zero-order chi connectivity index (χ0) is 8.39. The van der Waals surface area contributed by atoms with Gasteiger partial charge in [0.1, 0.15) is 5.82 Å². The fourth-order valence-corrected chi connectivity index (χ4v) is 1.86. The lowest BCUT2D eigenvalue weighted by Gasteiger charge is -2.15. The smallest absolute Gasteiger partial charge is 0.192 e. The van der Waals surface area contributed by atoms with Gasteiger partial charge in [-0.3, -0.25) is 0 Å². The summed E-state index contributed by atoms with van der Waals surface area (Å²) in [6.07, 6.45) is 4.41. The first-order chi connectivity index (χ1) is 5.86. The first-order valence-electron chi connectivity index (χ1n) is 4.10.